The monoisotopic (exact) mass is 581 g/mol. The molecule has 2 fully saturated rings. The van der Waals surface area contributed by atoms with E-state index < -0.39 is 39.3 Å². The highest BCUT2D eigenvalue weighted by atomic mass is 35.5. The van der Waals surface area contributed by atoms with E-state index in [1.807, 2.05) is 4.90 Å². The third-order valence-electron chi connectivity index (χ3n) is 8.49. The lowest BCUT2D eigenvalue weighted by molar-refractivity contribution is -0.189. The molecule has 1 spiro atoms. The molecule has 39 heavy (non-hydrogen) atoms. The van der Waals surface area contributed by atoms with Gasteiger partial charge in [0.1, 0.15) is 9.84 Å². The van der Waals surface area contributed by atoms with Crippen molar-refractivity contribution in [2.24, 2.45) is 11.3 Å². The average Bonchev–Trinajstić information content (AvgIpc) is 3.46. The SMILES string of the molecule is CN(C(=O)[C@H]1CC12CCS(=O)(=O)CC2)[C@@H](c1ccc(N2CCCc3c2cnc2cc(Cl)nn32)cc1)C(F)(F)F. The highest BCUT2D eigenvalue weighted by Gasteiger charge is 2.61. The van der Waals surface area contributed by atoms with Crippen molar-refractivity contribution in [3.63, 3.8) is 0 Å². The van der Waals surface area contributed by atoms with Crippen molar-refractivity contribution in [1.82, 2.24) is 19.5 Å². The molecule has 0 radical (unpaired) electrons. The molecule has 2 atom stereocenters. The number of hydrogen-bond donors (Lipinski definition) is 0. The Bertz CT molecular complexity index is 1540. The molecule has 1 aromatic carbocycles. The van der Waals surface area contributed by atoms with Crippen molar-refractivity contribution in [3.05, 3.63) is 52.9 Å². The Morgan fingerprint density at radius 2 is 1.90 bits per heavy atom. The predicted octanol–water partition coefficient (Wildman–Crippen LogP) is 4.74. The minimum atomic E-state index is -4.68. The van der Waals surface area contributed by atoms with E-state index in [9.17, 15) is 26.4 Å². The van der Waals surface area contributed by atoms with Gasteiger partial charge in [0.05, 0.1) is 29.1 Å². The fourth-order valence-electron chi connectivity index (χ4n) is 6.23. The number of halogens is 4. The number of hydrogen-bond acceptors (Lipinski definition) is 6. The zero-order valence-electron chi connectivity index (χ0n) is 21.2. The van der Waals surface area contributed by atoms with Gasteiger partial charge in [0.15, 0.2) is 16.8 Å². The first kappa shape index (κ1) is 26.4. The van der Waals surface area contributed by atoms with E-state index in [0.29, 0.717) is 42.3 Å². The van der Waals surface area contributed by atoms with Gasteiger partial charge in [0.25, 0.3) is 0 Å². The van der Waals surface area contributed by atoms with Gasteiger partial charge >= 0.3 is 6.18 Å². The minimum Gasteiger partial charge on any atom is -0.339 e. The van der Waals surface area contributed by atoms with Crippen LogP contribution in [0.2, 0.25) is 5.15 Å². The Balaban J connectivity index is 1.24. The summed E-state index contributed by atoms with van der Waals surface area (Å²) < 4.78 is 68.3. The van der Waals surface area contributed by atoms with E-state index in [2.05, 4.69) is 10.1 Å². The average molecular weight is 582 g/mol. The van der Waals surface area contributed by atoms with Crippen molar-refractivity contribution in [3.8, 4) is 0 Å². The molecule has 4 heterocycles. The van der Waals surface area contributed by atoms with E-state index >= 15 is 0 Å². The number of carbonyl (C=O) groups excluding carboxylic acids is 1. The largest absolute Gasteiger partial charge is 0.413 e. The van der Waals surface area contributed by atoms with Crippen LogP contribution in [0, 0.1) is 11.3 Å². The lowest BCUT2D eigenvalue weighted by atomic mass is 9.95. The lowest BCUT2D eigenvalue weighted by Gasteiger charge is -2.33. The summed E-state index contributed by atoms with van der Waals surface area (Å²) in [6.45, 7) is 0.662. The molecule has 0 unspecified atom stereocenters. The number of benzene rings is 1. The fourth-order valence-corrected chi connectivity index (χ4v) is 8.05. The minimum absolute atomic E-state index is 0.0151. The fraction of sp³-hybridized carbons (Fsp3) is 0.500. The first-order chi connectivity index (χ1) is 18.4. The Hall–Kier alpha value is -2.86. The lowest BCUT2D eigenvalue weighted by Crippen LogP contribution is -2.41. The van der Waals surface area contributed by atoms with Crippen LogP contribution in [0.15, 0.2) is 36.5 Å². The molecule has 6 rings (SSSR count). The van der Waals surface area contributed by atoms with Crippen LogP contribution in [0.4, 0.5) is 24.5 Å². The molecule has 3 aliphatic rings. The van der Waals surface area contributed by atoms with E-state index in [0.717, 1.165) is 29.1 Å². The molecular formula is C26H27ClF3N5O3S. The molecule has 1 saturated carbocycles. The first-order valence-corrected chi connectivity index (χ1v) is 15.0. The molecule has 2 aromatic heterocycles. The van der Waals surface area contributed by atoms with Crippen LogP contribution in [0.25, 0.3) is 5.65 Å². The van der Waals surface area contributed by atoms with E-state index in [4.69, 9.17) is 11.6 Å². The summed E-state index contributed by atoms with van der Waals surface area (Å²) in [5, 5.41) is 4.65. The second kappa shape index (κ2) is 9.09. The standard InChI is InChI=1S/C26H27ClF3N5O3S/c1-33(24(36)18-14-25(18)8-11-39(37,38)12-9-25)23(26(28,29)30)16-4-6-17(7-5-16)34-10-2-3-19-20(34)15-31-22-13-21(27)32-35(19)22/h4-7,13,15,18,23H,2-3,8-12,14H2,1H3/t18-,23+/m1/s1. The van der Waals surface area contributed by atoms with Crippen LogP contribution in [0.5, 0.6) is 0 Å². The smallest absolute Gasteiger partial charge is 0.339 e. The van der Waals surface area contributed by atoms with Crippen molar-refractivity contribution in [2.45, 2.75) is 44.3 Å². The van der Waals surface area contributed by atoms with E-state index in [1.54, 1.807) is 28.9 Å². The molecular weight excluding hydrogens is 555 g/mol. The van der Waals surface area contributed by atoms with Crippen LogP contribution < -0.4 is 4.90 Å². The van der Waals surface area contributed by atoms with Crippen LogP contribution >= 0.6 is 11.6 Å². The molecule has 0 N–H and O–H groups in total. The number of fused-ring (bicyclic) bond motifs is 3. The molecule has 0 bridgehead atoms. The Morgan fingerprint density at radius 1 is 1.21 bits per heavy atom. The van der Waals surface area contributed by atoms with Crippen LogP contribution in [0.1, 0.15) is 43.0 Å². The van der Waals surface area contributed by atoms with Crippen molar-refractivity contribution < 1.29 is 26.4 Å². The first-order valence-electron chi connectivity index (χ1n) is 12.8. The zero-order valence-corrected chi connectivity index (χ0v) is 22.7. The summed E-state index contributed by atoms with van der Waals surface area (Å²) in [5.41, 5.74) is 2.55. The zero-order chi connectivity index (χ0) is 27.7. The highest BCUT2D eigenvalue weighted by molar-refractivity contribution is 7.91. The summed E-state index contributed by atoms with van der Waals surface area (Å²) in [7, 11) is -1.94. The maximum Gasteiger partial charge on any atom is 0.413 e. The van der Waals surface area contributed by atoms with Gasteiger partial charge in [-0.1, -0.05) is 23.7 Å². The predicted molar refractivity (Wildman–Crippen MR) is 140 cm³/mol. The number of sulfone groups is 1. The summed E-state index contributed by atoms with van der Waals surface area (Å²) in [6.07, 6.45) is -0.287. The van der Waals surface area contributed by atoms with Crippen molar-refractivity contribution in [2.75, 3.05) is 30.0 Å². The highest BCUT2D eigenvalue weighted by Crippen LogP contribution is 2.61. The summed E-state index contributed by atoms with van der Waals surface area (Å²) >= 11 is 6.06. The van der Waals surface area contributed by atoms with Gasteiger partial charge in [-0.05, 0) is 55.2 Å². The van der Waals surface area contributed by atoms with E-state index in [1.165, 1.54) is 19.2 Å². The molecule has 13 heteroatoms. The number of nitrogens with zero attached hydrogens (tertiary/aromatic N) is 5. The molecule has 2 aliphatic heterocycles. The van der Waals surface area contributed by atoms with Crippen molar-refractivity contribution >= 4 is 44.4 Å². The summed E-state index contributed by atoms with van der Waals surface area (Å²) in [5.74, 6) is -1.19. The van der Waals surface area contributed by atoms with Gasteiger partial charge in [-0.2, -0.15) is 18.3 Å². The molecule has 3 aromatic rings. The van der Waals surface area contributed by atoms with Gasteiger partial charge in [0, 0.05) is 31.3 Å². The Kier molecular flexibility index (Phi) is 6.14. The van der Waals surface area contributed by atoms with Crippen molar-refractivity contribution in [1.29, 1.82) is 0 Å². The van der Waals surface area contributed by atoms with Gasteiger partial charge < -0.3 is 9.80 Å². The maximum atomic E-state index is 14.3. The van der Waals surface area contributed by atoms with Crippen LogP contribution in [0.3, 0.4) is 0 Å². The van der Waals surface area contributed by atoms with Gasteiger partial charge in [-0.25, -0.2) is 17.9 Å². The van der Waals surface area contributed by atoms with Gasteiger partial charge in [0.2, 0.25) is 5.91 Å². The van der Waals surface area contributed by atoms with Crippen LogP contribution in [-0.4, -0.2) is 65.1 Å². The van der Waals surface area contributed by atoms with Crippen LogP contribution in [-0.2, 0) is 21.1 Å². The number of anilines is 2. The third-order valence-corrected chi connectivity index (χ3v) is 10.3. The number of alkyl halides is 3. The molecule has 208 valence electrons. The Labute approximate surface area is 228 Å². The summed E-state index contributed by atoms with van der Waals surface area (Å²) in [4.78, 5) is 20.4. The number of aromatic nitrogens is 3. The number of aryl methyl sites for hydroxylation is 1. The summed E-state index contributed by atoms with van der Waals surface area (Å²) in [6, 6.07) is 5.66. The van der Waals surface area contributed by atoms with E-state index in [-0.39, 0.29) is 17.1 Å². The normalized spacial score (nSPS) is 22.5. The maximum absolute atomic E-state index is 14.3. The molecule has 1 amide bonds. The second-order valence-corrected chi connectivity index (χ2v) is 13.5. The third kappa shape index (κ3) is 4.65. The number of carbonyl (C=O) groups is 1. The molecule has 1 saturated heterocycles. The number of amides is 1. The Morgan fingerprint density at radius 3 is 2.56 bits per heavy atom. The quantitative estimate of drug-likeness (QED) is 0.442. The van der Waals surface area contributed by atoms with Gasteiger partial charge in [-0.15, -0.1) is 0 Å². The molecule has 1 aliphatic carbocycles. The molecule has 8 nitrogen and oxygen atoms in total. The number of rotatable bonds is 4. The second-order valence-electron chi connectivity index (χ2n) is 10.8. The van der Waals surface area contributed by atoms with Gasteiger partial charge in [-0.3, -0.25) is 4.79 Å². The topological polar surface area (TPSA) is 87.9 Å².